The Hall–Kier alpha value is -3.60. The predicted molar refractivity (Wildman–Crippen MR) is 143 cm³/mol. The Morgan fingerprint density at radius 3 is 2.19 bits per heavy atom. The molecule has 5 heteroatoms. The van der Waals surface area contributed by atoms with Crippen LogP contribution in [-0.2, 0) is 17.6 Å². The third-order valence-corrected chi connectivity index (χ3v) is 6.82. The fourth-order valence-corrected chi connectivity index (χ4v) is 4.82. The summed E-state index contributed by atoms with van der Waals surface area (Å²) in [4.78, 5) is 30.9. The van der Waals surface area contributed by atoms with Crippen LogP contribution in [0.25, 0.3) is 0 Å². The van der Waals surface area contributed by atoms with Gasteiger partial charge in [0.05, 0.1) is 18.0 Å². The van der Waals surface area contributed by atoms with Crippen molar-refractivity contribution in [2.24, 2.45) is 0 Å². The molecule has 4 rings (SSSR count). The third-order valence-electron chi connectivity index (χ3n) is 6.82. The van der Waals surface area contributed by atoms with E-state index in [0.717, 1.165) is 30.4 Å². The second-order valence-corrected chi connectivity index (χ2v) is 9.35. The van der Waals surface area contributed by atoms with E-state index < -0.39 is 0 Å². The number of nitrogens with zero attached hydrogens (tertiary/aromatic N) is 2. The van der Waals surface area contributed by atoms with Crippen molar-refractivity contribution < 1.29 is 14.3 Å². The average molecular weight is 485 g/mol. The molecule has 1 aliphatic heterocycles. The van der Waals surface area contributed by atoms with Crippen molar-refractivity contribution in [1.29, 1.82) is 0 Å². The third kappa shape index (κ3) is 6.75. The van der Waals surface area contributed by atoms with Crippen LogP contribution in [0.2, 0.25) is 0 Å². The Bertz CT molecular complexity index is 1120. The van der Waals surface area contributed by atoms with E-state index in [1.165, 1.54) is 0 Å². The molecule has 0 spiro atoms. The van der Waals surface area contributed by atoms with Gasteiger partial charge >= 0.3 is 0 Å². The Morgan fingerprint density at radius 1 is 0.833 bits per heavy atom. The molecule has 188 valence electrons. The molecular formula is C31H36N2O3. The lowest BCUT2D eigenvalue weighted by atomic mass is 10.0. The lowest BCUT2D eigenvalue weighted by molar-refractivity contribution is -0.133. The SMILES string of the molecule is CCN1CCCCCN(C(=O)Cc2ccccc2)[C@@H](Cc2ccccc2)COc2ccccc2C1=O. The van der Waals surface area contributed by atoms with E-state index in [0.29, 0.717) is 50.4 Å². The number of carbonyl (C=O) groups is 2. The van der Waals surface area contributed by atoms with Gasteiger partial charge in [-0.1, -0.05) is 72.8 Å². The van der Waals surface area contributed by atoms with E-state index in [-0.39, 0.29) is 17.9 Å². The maximum absolute atomic E-state index is 13.7. The predicted octanol–water partition coefficient (Wildman–Crippen LogP) is 5.39. The van der Waals surface area contributed by atoms with Crippen molar-refractivity contribution in [2.45, 2.75) is 45.1 Å². The summed E-state index contributed by atoms with van der Waals surface area (Å²) in [6, 6.07) is 27.5. The van der Waals surface area contributed by atoms with Gasteiger partial charge in [-0.25, -0.2) is 0 Å². The second-order valence-electron chi connectivity index (χ2n) is 9.35. The average Bonchev–Trinajstić information content (AvgIpc) is 2.92. The van der Waals surface area contributed by atoms with Crippen LogP contribution in [0.5, 0.6) is 5.75 Å². The molecule has 2 amide bonds. The topological polar surface area (TPSA) is 49.9 Å². The number of ether oxygens (including phenoxy) is 1. The first kappa shape index (κ1) is 25.5. The lowest BCUT2D eigenvalue weighted by Gasteiger charge is -2.32. The number of hydrogen-bond donors (Lipinski definition) is 0. The summed E-state index contributed by atoms with van der Waals surface area (Å²) < 4.78 is 6.34. The van der Waals surface area contributed by atoms with Crippen LogP contribution in [0, 0.1) is 0 Å². The number of benzene rings is 3. The Kier molecular flexibility index (Phi) is 9.15. The van der Waals surface area contributed by atoms with Gasteiger partial charge in [-0.2, -0.15) is 0 Å². The molecule has 0 fully saturated rings. The van der Waals surface area contributed by atoms with Gasteiger partial charge in [-0.3, -0.25) is 9.59 Å². The number of fused-ring (bicyclic) bond motifs is 1. The maximum Gasteiger partial charge on any atom is 0.257 e. The molecule has 1 aliphatic rings. The first-order valence-electron chi connectivity index (χ1n) is 13.0. The van der Waals surface area contributed by atoms with E-state index in [1.54, 1.807) is 0 Å². The van der Waals surface area contributed by atoms with Crippen molar-refractivity contribution in [3.63, 3.8) is 0 Å². The molecule has 0 unspecified atom stereocenters. The van der Waals surface area contributed by atoms with Crippen molar-refractivity contribution in [3.05, 3.63) is 102 Å². The molecule has 0 radical (unpaired) electrons. The van der Waals surface area contributed by atoms with Gasteiger partial charge in [-0.15, -0.1) is 0 Å². The van der Waals surface area contributed by atoms with Gasteiger partial charge in [-0.05, 0) is 55.9 Å². The number of rotatable bonds is 5. The van der Waals surface area contributed by atoms with Crippen molar-refractivity contribution >= 4 is 11.8 Å². The molecule has 0 aromatic heterocycles. The van der Waals surface area contributed by atoms with Crippen LogP contribution in [-0.4, -0.2) is 53.9 Å². The number of carbonyl (C=O) groups excluding carboxylic acids is 2. The van der Waals surface area contributed by atoms with Crippen LogP contribution in [0.1, 0.15) is 47.7 Å². The minimum atomic E-state index is -0.144. The highest BCUT2D eigenvalue weighted by Crippen LogP contribution is 2.23. The zero-order valence-electron chi connectivity index (χ0n) is 21.1. The molecule has 1 atom stereocenters. The second kappa shape index (κ2) is 12.9. The zero-order valence-corrected chi connectivity index (χ0v) is 21.1. The fraction of sp³-hybridized carbons (Fsp3) is 0.355. The molecule has 0 saturated carbocycles. The van der Waals surface area contributed by atoms with Crippen LogP contribution >= 0.6 is 0 Å². The summed E-state index contributed by atoms with van der Waals surface area (Å²) in [6.07, 6.45) is 3.82. The highest BCUT2D eigenvalue weighted by atomic mass is 16.5. The Labute approximate surface area is 214 Å². The molecule has 0 N–H and O–H groups in total. The summed E-state index contributed by atoms with van der Waals surface area (Å²) >= 11 is 0. The maximum atomic E-state index is 13.7. The monoisotopic (exact) mass is 484 g/mol. The van der Waals surface area contributed by atoms with Gasteiger partial charge < -0.3 is 14.5 Å². The smallest absolute Gasteiger partial charge is 0.257 e. The molecular weight excluding hydrogens is 448 g/mol. The van der Waals surface area contributed by atoms with E-state index in [4.69, 9.17) is 4.74 Å². The largest absolute Gasteiger partial charge is 0.491 e. The normalized spacial score (nSPS) is 17.2. The summed E-state index contributed by atoms with van der Waals surface area (Å²) in [5.41, 5.74) is 2.76. The first-order valence-corrected chi connectivity index (χ1v) is 13.0. The zero-order chi connectivity index (χ0) is 25.2. The first-order chi connectivity index (χ1) is 17.7. The van der Waals surface area contributed by atoms with Gasteiger partial charge in [0.25, 0.3) is 5.91 Å². The number of hydrogen-bond acceptors (Lipinski definition) is 3. The minimum absolute atomic E-state index is 0.00367. The highest BCUT2D eigenvalue weighted by molar-refractivity contribution is 5.97. The summed E-state index contributed by atoms with van der Waals surface area (Å²) in [5, 5.41) is 0. The summed E-state index contributed by atoms with van der Waals surface area (Å²) in [7, 11) is 0. The highest BCUT2D eigenvalue weighted by Gasteiger charge is 2.26. The molecule has 1 heterocycles. The molecule has 0 aliphatic carbocycles. The Balaban J connectivity index is 1.64. The van der Waals surface area contributed by atoms with Crippen LogP contribution in [0.3, 0.4) is 0 Å². The van der Waals surface area contributed by atoms with Crippen molar-refractivity contribution in [3.8, 4) is 5.75 Å². The molecule has 0 bridgehead atoms. The lowest BCUT2D eigenvalue weighted by Crippen LogP contribution is -2.46. The van der Waals surface area contributed by atoms with Crippen molar-refractivity contribution in [2.75, 3.05) is 26.2 Å². The van der Waals surface area contributed by atoms with E-state index >= 15 is 0 Å². The summed E-state index contributed by atoms with van der Waals surface area (Å²) in [6.45, 7) is 4.37. The fourth-order valence-electron chi connectivity index (χ4n) is 4.82. The quantitative estimate of drug-likeness (QED) is 0.488. The van der Waals surface area contributed by atoms with E-state index in [2.05, 4.69) is 12.1 Å². The van der Waals surface area contributed by atoms with Crippen LogP contribution in [0.15, 0.2) is 84.9 Å². The Morgan fingerprint density at radius 2 is 1.47 bits per heavy atom. The van der Waals surface area contributed by atoms with E-state index in [1.807, 2.05) is 89.5 Å². The summed E-state index contributed by atoms with van der Waals surface area (Å²) in [5.74, 6) is 0.692. The van der Waals surface area contributed by atoms with Gasteiger partial charge in [0.15, 0.2) is 0 Å². The van der Waals surface area contributed by atoms with Crippen molar-refractivity contribution in [1.82, 2.24) is 9.80 Å². The van der Waals surface area contributed by atoms with Crippen LogP contribution in [0.4, 0.5) is 0 Å². The molecule has 0 saturated heterocycles. The van der Waals surface area contributed by atoms with E-state index in [9.17, 15) is 9.59 Å². The van der Waals surface area contributed by atoms with Gasteiger partial charge in [0, 0.05) is 19.6 Å². The molecule has 36 heavy (non-hydrogen) atoms. The number of para-hydroxylation sites is 1. The molecule has 3 aromatic carbocycles. The van der Waals surface area contributed by atoms with Gasteiger partial charge in [0.1, 0.15) is 12.4 Å². The molecule has 5 nitrogen and oxygen atoms in total. The van der Waals surface area contributed by atoms with Gasteiger partial charge in [0.2, 0.25) is 5.91 Å². The van der Waals surface area contributed by atoms with Crippen LogP contribution < -0.4 is 4.74 Å². The number of amides is 2. The molecule has 3 aromatic rings. The standard InChI is InChI=1S/C31H36N2O3/c1-2-32-20-12-5-13-21-33(30(34)23-26-16-8-4-9-17-26)27(22-25-14-6-3-7-15-25)24-36-29-19-11-10-18-28(29)31(32)35/h3-4,6-11,14-19,27H,2,5,12-13,20-24H2,1H3/t27-/m0/s1. The minimum Gasteiger partial charge on any atom is -0.491 e.